The lowest BCUT2D eigenvalue weighted by Gasteiger charge is -2.16. The van der Waals surface area contributed by atoms with Crippen molar-refractivity contribution >= 4 is 0 Å². The van der Waals surface area contributed by atoms with Crippen LogP contribution in [0.1, 0.15) is 31.1 Å². The van der Waals surface area contributed by atoms with E-state index in [1.54, 1.807) is 0 Å². The van der Waals surface area contributed by atoms with E-state index in [0.717, 1.165) is 19.5 Å². The summed E-state index contributed by atoms with van der Waals surface area (Å²) in [6.07, 6.45) is 7.20. The first kappa shape index (κ1) is 12.9. The standard InChI is InChI=1S/C14H22N4/c1-4-15-12(2)14-6-5-8-18(14)9-7-13-10-16-17(3)11-13/h5-6,8,10-12,15H,4,7,9H2,1-3H3. The maximum absolute atomic E-state index is 4.20. The molecule has 0 fully saturated rings. The van der Waals surface area contributed by atoms with Crippen molar-refractivity contribution in [1.82, 2.24) is 19.7 Å². The second kappa shape index (κ2) is 5.87. The summed E-state index contributed by atoms with van der Waals surface area (Å²) in [6, 6.07) is 4.71. The van der Waals surface area contributed by atoms with Gasteiger partial charge in [-0.05, 0) is 37.6 Å². The Morgan fingerprint density at radius 2 is 2.28 bits per heavy atom. The molecular formula is C14H22N4. The van der Waals surface area contributed by atoms with Gasteiger partial charge >= 0.3 is 0 Å². The van der Waals surface area contributed by atoms with Gasteiger partial charge in [-0.2, -0.15) is 5.10 Å². The second-order valence-corrected chi connectivity index (χ2v) is 4.68. The molecule has 0 spiro atoms. The van der Waals surface area contributed by atoms with Crippen LogP contribution in [0.25, 0.3) is 0 Å². The first-order chi connectivity index (χ1) is 8.70. The molecule has 18 heavy (non-hydrogen) atoms. The molecule has 0 saturated heterocycles. The Balaban J connectivity index is 1.99. The minimum Gasteiger partial charge on any atom is -0.350 e. The van der Waals surface area contributed by atoms with Crippen molar-refractivity contribution in [1.29, 1.82) is 0 Å². The number of aryl methyl sites for hydroxylation is 3. The lowest BCUT2D eigenvalue weighted by Crippen LogP contribution is -2.20. The molecule has 98 valence electrons. The van der Waals surface area contributed by atoms with Crippen molar-refractivity contribution in [2.75, 3.05) is 6.54 Å². The highest BCUT2D eigenvalue weighted by molar-refractivity contribution is 5.12. The molecule has 0 amide bonds. The van der Waals surface area contributed by atoms with Gasteiger partial charge in [0.1, 0.15) is 0 Å². The van der Waals surface area contributed by atoms with Crippen molar-refractivity contribution in [3.05, 3.63) is 42.0 Å². The molecule has 4 heteroatoms. The van der Waals surface area contributed by atoms with E-state index in [0.29, 0.717) is 6.04 Å². The summed E-state index contributed by atoms with van der Waals surface area (Å²) in [4.78, 5) is 0. The zero-order valence-electron chi connectivity index (χ0n) is 11.4. The van der Waals surface area contributed by atoms with Gasteiger partial charge in [-0.3, -0.25) is 4.68 Å². The van der Waals surface area contributed by atoms with Crippen molar-refractivity contribution in [3.63, 3.8) is 0 Å². The van der Waals surface area contributed by atoms with Crippen LogP contribution in [0.5, 0.6) is 0 Å². The topological polar surface area (TPSA) is 34.8 Å². The summed E-state index contributed by atoms with van der Waals surface area (Å²) >= 11 is 0. The van der Waals surface area contributed by atoms with E-state index in [1.807, 2.05) is 17.9 Å². The monoisotopic (exact) mass is 246 g/mol. The Morgan fingerprint density at radius 1 is 1.44 bits per heavy atom. The largest absolute Gasteiger partial charge is 0.350 e. The summed E-state index contributed by atoms with van der Waals surface area (Å²) in [7, 11) is 1.96. The van der Waals surface area contributed by atoms with E-state index in [4.69, 9.17) is 0 Å². The predicted molar refractivity (Wildman–Crippen MR) is 73.4 cm³/mol. The van der Waals surface area contributed by atoms with E-state index in [9.17, 15) is 0 Å². The predicted octanol–water partition coefficient (Wildman–Crippen LogP) is 2.13. The van der Waals surface area contributed by atoms with Crippen LogP contribution in [0.15, 0.2) is 30.7 Å². The highest BCUT2D eigenvalue weighted by Crippen LogP contribution is 2.14. The van der Waals surface area contributed by atoms with E-state index < -0.39 is 0 Å². The van der Waals surface area contributed by atoms with E-state index >= 15 is 0 Å². The molecule has 0 aliphatic heterocycles. The van der Waals surface area contributed by atoms with Gasteiger partial charge in [0, 0.05) is 37.7 Å². The van der Waals surface area contributed by atoms with Gasteiger partial charge in [0.25, 0.3) is 0 Å². The Hall–Kier alpha value is -1.55. The molecule has 2 aromatic rings. The zero-order chi connectivity index (χ0) is 13.0. The Labute approximate surface area is 109 Å². The maximum atomic E-state index is 4.20. The normalized spacial score (nSPS) is 12.8. The number of rotatable bonds is 6. The third-order valence-electron chi connectivity index (χ3n) is 3.22. The number of hydrogen-bond acceptors (Lipinski definition) is 2. The molecule has 1 unspecified atom stereocenters. The van der Waals surface area contributed by atoms with Crippen LogP contribution in [-0.2, 0) is 20.0 Å². The highest BCUT2D eigenvalue weighted by atomic mass is 15.2. The molecule has 2 rings (SSSR count). The van der Waals surface area contributed by atoms with Gasteiger partial charge in [-0.1, -0.05) is 6.92 Å². The van der Waals surface area contributed by atoms with Crippen LogP contribution >= 0.6 is 0 Å². The summed E-state index contributed by atoms with van der Waals surface area (Å²) in [5, 5.41) is 7.65. The van der Waals surface area contributed by atoms with E-state index in [-0.39, 0.29) is 0 Å². The average Bonchev–Trinajstić information content (AvgIpc) is 2.95. The van der Waals surface area contributed by atoms with Gasteiger partial charge < -0.3 is 9.88 Å². The summed E-state index contributed by atoms with van der Waals surface area (Å²) in [6.45, 7) is 6.34. The van der Waals surface area contributed by atoms with E-state index in [1.165, 1.54) is 11.3 Å². The van der Waals surface area contributed by atoms with Crippen LogP contribution in [0.4, 0.5) is 0 Å². The number of nitrogens with zero attached hydrogens (tertiary/aromatic N) is 3. The fourth-order valence-electron chi connectivity index (χ4n) is 2.29. The van der Waals surface area contributed by atoms with Crippen molar-refractivity contribution in [3.8, 4) is 0 Å². The first-order valence-electron chi connectivity index (χ1n) is 6.56. The maximum Gasteiger partial charge on any atom is 0.0522 e. The molecule has 2 aromatic heterocycles. The van der Waals surface area contributed by atoms with Gasteiger partial charge in [0.05, 0.1) is 6.20 Å². The molecular weight excluding hydrogens is 224 g/mol. The number of nitrogens with one attached hydrogen (secondary N) is 1. The Kier molecular flexibility index (Phi) is 4.20. The lowest BCUT2D eigenvalue weighted by molar-refractivity contribution is 0.539. The smallest absolute Gasteiger partial charge is 0.0522 e. The summed E-state index contributed by atoms with van der Waals surface area (Å²) in [5.74, 6) is 0. The molecule has 0 bridgehead atoms. The molecule has 1 N–H and O–H groups in total. The van der Waals surface area contributed by atoms with Crippen molar-refractivity contribution in [2.24, 2.45) is 7.05 Å². The third-order valence-corrected chi connectivity index (χ3v) is 3.22. The molecule has 0 aliphatic carbocycles. The molecule has 2 heterocycles. The van der Waals surface area contributed by atoms with Crippen LogP contribution in [0, 0.1) is 0 Å². The quantitative estimate of drug-likeness (QED) is 0.847. The van der Waals surface area contributed by atoms with Gasteiger partial charge in [-0.25, -0.2) is 0 Å². The average molecular weight is 246 g/mol. The van der Waals surface area contributed by atoms with Crippen molar-refractivity contribution in [2.45, 2.75) is 32.9 Å². The minimum atomic E-state index is 0.402. The highest BCUT2D eigenvalue weighted by Gasteiger charge is 2.08. The fourth-order valence-corrected chi connectivity index (χ4v) is 2.29. The molecule has 0 aliphatic rings. The van der Waals surface area contributed by atoms with E-state index in [2.05, 4.69) is 53.4 Å². The van der Waals surface area contributed by atoms with Gasteiger partial charge in [0.2, 0.25) is 0 Å². The first-order valence-corrected chi connectivity index (χ1v) is 6.56. The number of hydrogen-bond donors (Lipinski definition) is 1. The Morgan fingerprint density at radius 3 is 2.94 bits per heavy atom. The fraction of sp³-hybridized carbons (Fsp3) is 0.500. The minimum absolute atomic E-state index is 0.402. The SMILES string of the molecule is CCNC(C)c1cccn1CCc1cnn(C)c1. The third kappa shape index (κ3) is 3.01. The van der Waals surface area contributed by atoms with Crippen LogP contribution in [-0.4, -0.2) is 20.9 Å². The summed E-state index contributed by atoms with van der Waals surface area (Å²) < 4.78 is 4.17. The molecule has 0 aromatic carbocycles. The number of aromatic nitrogens is 3. The summed E-state index contributed by atoms with van der Waals surface area (Å²) in [5.41, 5.74) is 2.63. The Bertz CT molecular complexity index is 483. The van der Waals surface area contributed by atoms with Crippen molar-refractivity contribution < 1.29 is 0 Å². The van der Waals surface area contributed by atoms with Crippen LogP contribution in [0.2, 0.25) is 0 Å². The lowest BCUT2D eigenvalue weighted by atomic mass is 10.2. The molecule has 0 radical (unpaired) electrons. The molecule has 4 nitrogen and oxygen atoms in total. The zero-order valence-corrected chi connectivity index (χ0v) is 11.4. The van der Waals surface area contributed by atoms with Gasteiger partial charge in [0.15, 0.2) is 0 Å². The van der Waals surface area contributed by atoms with Crippen LogP contribution < -0.4 is 5.32 Å². The second-order valence-electron chi connectivity index (χ2n) is 4.68. The molecule has 0 saturated carbocycles. The van der Waals surface area contributed by atoms with Crippen LogP contribution in [0.3, 0.4) is 0 Å². The molecule has 1 atom stereocenters. The van der Waals surface area contributed by atoms with Gasteiger partial charge in [-0.15, -0.1) is 0 Å².